The molecule has 0 aromatic heterocycles. The smallest absolute Gasteiger partial charge is 0.747 e. The van der Waals surface area contributed by atoms with Crippen LogP contribution in [0.5, 0.6) is 0 Å². The predicted molar refractivity (Wildman–Crippen MR) is 151 cm³/mol. The number of aliphatic hydroxyl groups excluding tert-OH is 4. The van der Waals surface area contributed by atoms with E-state index in [0.29, 0.717) is 38.5 Å². The Bertz CT molecular complexity index is 958. The zero-order chi connectivity index (χ0) is 32.4. The Morgan fingerprint density at radius 3 is 1.72 bits per heavy atom. The largest absolute Gasteiger partial charge is 1.00 e. The van der Waals surface area contributed by atoms with Crippen molar-refractivity contribution in [1.82, 2.24) is 0 Å². The van der Waals surface area contributed by atoms with Crippen molar-refractivity contribution >= 4 is 28.0 Å². The van der Waals surface area contributed by atoms with Gasteiger partial charge in [-0.3, -0.25) is 14.4 Å². The number of carboxylic acid groups (broad SMARTS) is 3. The number of aliphatic hydroxyl groups is 4. The number of allylic oxidation sites excluding steroid dienone is 1. The monoisotopic (exact) mass is 648 g/mol. The SMILES string of the molecule is CCCCCCC(O)/C=C/C(CCCCCCC(CCO)C(=O)O)C(CCO)(C(=O)O)C(CCO)(C(=O)O)S(=O)(=O)[O-].[Na+]. The van der Waals surface area contributed by atoms with Crippen LogP contribution in [-0.4, -0.2) is 97.3 Å². The first-order valence-corrected chi connectivity index (χ1v) is 16.0. The Labute approximate surface area is 276 Å². The van der Waals surface area contributed by atoms with Crippen molar-refractivity contribution in [2.75, 3.05) is 19.8 Å². The van der Waals surface area contributed by atoms with Crippen molar-refractivity contribution in [2.45, 2.75) is 108 Å². The van der Waals surface area contributed by atoms with Gasteiger partial charge in [-0.2, -0.15) is 0 Å². The van der Waals surface area contributed by atoms with Crippen molar-refractivity contribution in [3.8, 4) is 0 Å². The Morgan fingerprint density at radius 1 is 0.744 bits per heavy atom. The number of aliphatic carboxylic acids is 3. The Morgan fingerprint density at radius 2 is 1.28 bits per heavy atom. The van der Waals surface area contributed by atoms with Gasteiger partial charge in [-0.15, -0.1) is 0 Å². The van der Waals surface area contributed by atoms with Crippen molar-refractivity contribution in [2.24, 2.45) is 17.3 Å². The molecule has 0 heterocycles. The summed E-state index contributed by atoms with van der Waals surface area (Å²) in [6.45, 7) is -0.380. The molecule has 0 aromatic rings. The fourth-order valence-corrected chi connectivity index (χ4v) is 7.08. The minimum Gasteiger partial charge on any atom is -0.747 e. The number of hydrogen-bond acceptors (Lipinski definition) is 10. The first-order chi connectivity index (χ1) is 19.7. The molecule has 5 unspecified atom stereocenters. The predicted octanol–water partition coefficient (Wildman–Crippen LogP) is -0.878. The van der Waals surface area contributed by atoms with Crippen LogP contribution in [0.15, 0.2) is 12.2 Å². The molecule has 0 fully saturated rings. The van der Waals surface area contributed by atoms with E-state index < -0.39 is 82.2 Å². The topological polar surface area (TPSA) is 250 Å². The Balaban J connectivity index is 0. The van der Waals surface area contributed by atoms with E-state index in [1.54, 1.807) is 0 Å². The first-order valence-electron chi connectivity index (χ1n) is 14.6. The normalized spacial score (nSPS) is 16.9. The number of unbranched alkanes of at least 4 members (excludes halogenated alkanes) is 6. The molecule has 43 heavy (non-hydrogen) atoms. The zero-order valence-corrected chi connectivity index (χ0v) is 28.2. The maximum absolute atomic E-state index is 12.9. The van der Waals surface area contributed by atoms with Gasteiger partial charge < -0.3 is 40.3 Å². The molecule has 246 valence electrons. The van der Waals surface area contributed by atoms with Gasteiger partial charge in [0.1, 0.15) is 15.5 Å². The first kappa shape index (κ1) is 44.0. The average molecular weight is 649 g/mol. The van der Waals surface area contributed by atoms with E-state index in [-0.39, 0.29) is 55.4 Å². The van der Waals surface area contributed by atoms with E-state index in [0.717, 1.165) is 19.3 Å². The van der Waals surface area contributed by atoms with Gasteiger partial charge in [0, 0.05) is 26.2 Å². The molecule has 15 heteroatoms. The van der Waals surface area contributed by atoms with E-state index in [1.165, 1.54) is 12.2 Å². The third-order valence-electron chi connectivity index (χ3n) is 8.04. The molecule has 0 aliphatic heterocycles. The van der Waals surface area contributed by atoms with Crippen LogP contribution < -0.4 is 29.6 Å². The molecule has 7 N–H and O–H groups in total. The van der Waals surface area contributed by atoms with E-state index in [1.807, 2.05) is 6.92 Å². The molecule has 0 saturated heterocycles. The average Bonchev–Trinajstić information content (AvgIpc) is 2.90. The molecule has 0 aromatic carbocycles. The Hall–Kier alpha value is -1.10. The molecule has 0 spiro atoms. The summed E-state index contributed by atoms with van der Waals surface area (Å²) >= 11 is 0. The van der Waals surface area contributed by atoms with Gasteiger partial charge in [-0.25, -0.2) is 8.42 Å². The minimum absolute atomic E-state index is 0. The summed E-state index contributed by atoms with van der Waals surface area (Å²) in [7, 11) is -5.95. The summed E-state index contributed by atoms with van der Waals surface area (Å²) in [5.41, 5.74) is -2.90. The van der Waals surface area contributed by atoms with Crippen molar-refractivity contribution < 1.29 is 92.7 Å². The summed E-state index contributed by atoms with van der Waals surface area (Å²) in [5, 5.41) is 68.8. The second-order valence-electron chi connectivity index (χ2n) is 10.8. The van der Waals surface area contributed by atoms with Crippen LogP contribution in [0.25, 0.3) is 0 Å². The number of carboxylic acids is 3. The van der Waals surface area contributed by atoms with Gasteiger partial charge in [0.15, 0.2) is 4.75 Å². The number of hydrogen-bond donors (Lipinski definition) is 7. The van der Waals surface area contributed by atoms with Crippen LogP contribution in [0, 0.1) is 17.3 Å². The van der Waals surface area contributed by atoms with Crippen LogP contribution >= 0.6 is 0 Å². The summed E-state index contributed by atoms with van der Waals surface area (Å²) in [6, 6.07) is 0. The van der Waals surface area contributed by atoms with Crippen LogP contribution in [0.1, 0.15) is 96.8 Å². The van der Waals surface area contributed by atoms with Crippen LogP contribution in [0.2, 0.25) is 0 Å². The van der Waals surface area contributed by atoms with Crippen molar-refractivity contribution in [1.29, 1.82) is 0 Å². The summed E-state index contributed by atoms with van der Waals surface area (Å²) in [6.07, 6.45) is 4.75. The van der Waals surface area contributed by atoms with Gasteiger partial charge in [0.05, 0.1) is 12.0 Å². The molecule has 0 radical (unpaired) electrons. The molecule has 0 rings (SSSR count). The zero-order valence-electron chi connectivity index (χ0n) is 25.4. The molecule has 5 atom stereocenters. The fraction of sp³-hybridized carbons (Fsp3) is 0.821. The Kier molecular flexibility index (Phi) is 22.9. The third-order valence-corrected chi connectivity index (χ3v) is 9.64. The molecule has 0 aliphatic rings. The van der Waals surface area contributed by atoms with Crippen LogP contribution in [0.3, 0.4) is 0 Å². The van der Waals surface area contributed by atoms with E-state index in [2.05, 4.69) is 0 Å². The maximum atomic E-state index is 12.9. The fourth-order valence-electron chi connectivity index (χ4n) is 5.74. The van der Waals surface area contributed by atoms with Crippen LogP contribution in [-0.2, 0) is 24.5 Å². The van der Waals surface area contributed by atoms with E-state index in [4.69, 9.17) is 5.11 Å². The molecular formula is C28H49NaO13S. The van der Waals surface area contributed by atoms with E-state index >= 15 is 0 Å². The quantitative estimate of drug-likeness (QED) is 0.0261. The minimum atomic E-state index is -5.95. The summed E-state index contributed by atoms with van der Waals surface area (Å²) in [5.74, 6) is -7.44. The summed E-state index contributed by atoms with van der Waals surface area (Å²) < 4.78 is 34.3. The standard InChI is InChI=1S/C28H50O13S.Na/c1-2-3-4-9-12-23(32)14-13-22(11-8-6-5-7-10-21(15-18-29)24(33)34)27(16-19-30,25(35)36)28(17-20-31,26(37)38)42(39,40)41;/h13-14,21-23,29-32H,2-12,15-20H2,1H3,(H,33,34)(H,35,36)(H,37,38)(H,39,40,41);/q;+1/p-1/b14-13+;. The van der Waals surface area contributed by atoms with Gasteiger partial charge in [-0.05, 0) is 38.0 Å². The maximum Gasteiger partial charge on any atom is 1.00 e. The molecule has 13 nitrogen and oxygen atoms in total. The van der Waals surface area contributed by atoms with Crippen molar-refractivity contribution in [3.63, 3.8) is 0 Å². The second-order valence-corrected chi connectivity index (χ2v) is 12.4. The van der Waals surface area contributed by atoms with Crippen LogP contribution in [0.4, 0.5) is 0 Å². The molecule has 0 amide bonds. The van der Waals surface area contributed by atoms with Gasteiger partial charge in [0.2, 0.25) is 0 Å². The van der Waals surface area contributed by atoms with Gasteiger partial charge in [0.25, 0.3) is 0 Å². The van der Waals surface area contributed by atoms with Crippen molar-refractivity contribution in [3.05, 3.63) is 12.2 Å². The molecule has 0 aliphatic carbocycles. The molecule has 0 bridgehead atoms. The second kappa shape index (κ2) is 22.4. The van der Waals surface area contributed by atoms with Gasteiger partial charge in [-0.1, -0.05) is 70.4 Å². The molecular weight excluding hydrogens is 599 g/mol. The summed E-state index contributed by atoms with van der Waals surface area (Å²) in [4.78, 5) is 36.7. The number of rotatable bonds is 26. The molecule has 0 saturated carbocycles. The third kappa shape index (κ3) is 12.7. The van der Waals surface area contributed by atoms with Gasteiger partial charge >= 0.3 is 47.5 Å². The van der Waals surface area contributed by atoms with E-state index in [9.17, 15) is 58.0 Å². The number of carbonyl (C=O) groups is 3.